The molecule has 4 rings (SSSR count). The molecule has 132 valence electrons. The van der Waals surface area contributed by atoms with Crippen LogP contribution in [0.3, 0.4) is 0 Å². The van der Waals surface area contributed by atoms with Crippen LogP contribution in [0.4, 0.5) is 5.69 Å². The van der Waals surface area contributed by atoms with Crippen molar-refractivity contribution in [3.63, 3.8) is 0 Å². The molecule has 3 heteroatoms. The first-order valence-electron chi connectivity index (χ1n) is 9.86. The molecule has 1 aromatic heterocycles. The van der Waals surface area contributed by atoms with E-state index in [4.69, 9.17) is 0 Å². The summed E-state index contributed by atoms with van der Waals surface area (Å²) in [5, 5.41) is 3.66. The highest BCUT2D eigenvalue weighted by molar-refractivity contribution is 5.40. The number of anilines is 1. The Hall–Kier alpha value is -1.87. The van der Waals surface area contributed by atoms with Crippen molar-refractivity contribution >= 4 is 5.69 Å². The molecule has 1 aliphatic heterocycles. The van der Waals surface area contributed by atoms with Gasteiger partial charge in [0.15, 0.2) is 0 Å². The maximum atomic E-state index is 4.21. The van der Waals surface area contributed by atoms with E-state index < -0.39 is 0 Å². The molecule has 2 aromatic rings. The zero-order valence-corrected chi connectivity index (χ0v) is 15.0. The highest BCUT2D eigenvalue weighted by Gasteiger charge is 2.33. The lowest BCUT2D eigenvalue weighted by Gasteiger charge is -2.43. The van der Waals surface area contributed by atoms with Crippen molar-refractivity contribution in [1.29, 1.82) is 0 Å². The van der Waals surface area contributed by atoms with Crippen LogP contribution in [0.5, 0.6) is 0 Å². The molecule has 0 spiro atoms. The Morgan fingerprint density at radius 2 is 1.68 bits per heavy atom. The van der Waals surface area contributed by atoms with Crippen molar-refractivity contribution in [2.45, 2.75) is 56.5 Å². The molecular weight excluding hydrogens is 306 g/mol. The highest BCUT2D eigenvalue weighted by atomic mass is 15.2. The van der Waals surface area contributed by atoms with Crippen LogP contribution in [-0.4, -0.2) is 35.1 Å². The molecule has 25 heavy (non-hydrogen) atoms. The van der Waals surface area contributed by atoms with Gasteiger partial charge in [-0.2, -0.15) is 0 Å². The van der Waals surface area contributed by atoms with Crippen molar-refractivity contribution in [1.82, 2.24) is 9.88 Å². The summed E-state index contributed by atoms with van der Waals surface area (Å²) in [6, 6.07) is 16.6. The fourth-order valence-electron chi connectivity index (χ4n) is 4.70. The molecule has 0 radical (unpaired) electrons. The molecule has 0 unspecified atom stereocenters. The molecule has 0 amide bonds. The van der Waals surface area contributed by atoms with Gasteiger partial charge in [0.25, 0.3) is 0 Å². The Labute approximate surface area is 151 Å². The van der Waals surface area contributed by atoms with Gasteiger partial charge in [-0.05, 0) is 49.3 Å². The molecule has 1 saturated carbocycles. The van der Waals surface area contributed by atoms with Gasteiger partial charge < -0.3 is 5.32 Å². The minimum absolute atomic E-state index is 0.583. The van der Waals surface area contributed by atoms with E-state index in [1.807, 2.05) is 18.5 Å². The summed E-state index contributed by atoms with van der Waals surface area (Å²) >= 11 is 0. The fraction of sp³-hybridized carbons (Fsp3) is 0.500. The van der Waals surface area contributed by atoms with Gasteiger partial charge in [0.1, 0.15) is 0 Å². The first-order valence-corrected chi connectivity index (χ1v) is 9.86. The maximum absolute atomic E-state index is 4.21. The molecule has 1 N–H and O–H groups in total. The summed E-state index contributed by atoms with van der Waals surface area (Å²) in [5.41, 5.74) is 2.70. The van der Waals surface area contributed by atoms with Crippen LogP contribution >= 0.6 is 0 Å². The summed E-state index contributed by atoms with van der Waals surface area (Å²) in [7, 11) is 0. The maximum Gasteiger partial charge on any atom is 0.0528 e. The third kappa shape index (κ3) is 4.04. The number of piperidine rings is 1. The second kappa shape index (κ2) is 8.01. The largest absolute Gasteiger partial charge is 0.381 e. The molecule has 1 aromatic carbocycles. The standard InChI is InChI=1S/C22H29N3/c1-2-7-18(8-3-1)21-10-4-5-11-22(21)25-15-12-19(13-16-25)24-20-9-6-14-23-17-20/h1-3,6-9,14,17,19,21-22,24H,4-5,10-13,15-16H2/t21-,22-/m1/s1. The van der Waals surface area contributed by atoms with Crippen LogP contribution in [0.1, 0.15) is 50.0 Å². The second-order valence-corrected chi connectivity index (χ2v) is 7.57. The SMILES string of the molecule is c1ccc([C@H]2CCCC[C@H]2N2CCC(Nc3cccnc3)CC2)cc1. The Morgan fingerprint density at radius 1 is 0.880 bits per heavy atom. The van der Waals surface area contributed by atoms with Crippen LogP contribution < -0.4 is 5.32 Å². The summed E-state index contributed by atoms with van der Waals surface area (Å²) in [6.45, 7) is 2.43. The molecule has 2 atom stereocenters. The van der Waals surface area contributed by atoms with Crippen molar-refractivity contribution in [2.75, 3.05) is 18.4 Å². The van der Waals surface area contributed by atoms with E-state index in [0.717, 1.165) is 17.6 Å². The minimum Gasteiger partial charge on any atom is -0.381 e. The van der Waals surface area contributed by atoms with Gasteiger partial charge >= 0.3 is 0 Å². The second-order valence-electron chi connectivity index (χ2n) is 7.57. The molecule has 2 heterocycles. The molecule has 2 fully saturated rings. The van der Waals surface area contributed by atoms with Crippen LogP contribution in [-0.2, 0) is 0 Å². The molecule has 1 saturated heterocycles. The smallest absolute Gasteiger partial charge is 0.0528 e. The van der Waals surface area contributed by atoms with Crippen molar-refractivity contribution in [3.05, 3.63) is 60.4 Å². The number of hydrogen-bond donors (Lipinski definition) is 1. The number of nitrogens with one attached hydrogen (secondary N) is 1. The number of pyridine rings is 1. The van der Waals surface area contributed by atoms with Crippen molar-refractivity contribution in [3.8, 4) is 0 Å². The quantitative estimate of drug-likeness (QED) is 0.879. The van der Waals surface area contributed by atoms with E-state index in [0.29, 0.717) is 6.04 Å². The highest BCUT2D eigenvalue weighted by Crippen LogP contribution is 2.37. The first kappa shape index (κ1) is 16.6. The molecular formula is C22H29N3. The van der Waals surface area contributed by atoms with Gasteiger partial charge in [-0.25, -0.2) is 0 Å². The Bertz CT molecular complexity index is 635. The Balaban J connectivity index is 1.37. The van der Waals surface area contributed by atoms with Gasteiger partial charge in [-0.3, -0.25) is 9.88 Å². The van der Waals surface area contributed by atoms with Crippen LogP contribution in [0, 0.1) is 0 Å². The minimum atomic E-state index is 0.583. The summed E-state index contributed by atoms with van der Waals surface area (Å²) in [5.74, 6) is 0.720. The number of hydrogen-bond acceptors (Lipinski definition) is 3. The lowest BCUT2D eigenvalue weighted by Crippen LogP contribution is -2.47. The van der Waals surface area contributed by atoms with Crippen molar-refractivity contribution in [2.24, 2.45) is 0 Å². The van der Waals surface area contributed by atoms with E-state index in [9.17, 15) is 0 Å². The average molecular weight is 335 g/mol. The average Bonchev–Trinajstić information content (AvgIpc) is 2.70. The number of likely N-dealkylation sites (tertiary alicyclic amines) is 1. The number of aromatic nitrogens is 1. The van der Waals surface area contributed by atoms with E-state index in [1.165, 1.54) is 51.6 Å². The number of benzene rings is 1. The van der Waals surface area contributed by atoms with E-state index in [-0.39, 0.29) is 0 Å². The lowest BCUT2D eigenvalue weighted by molar-refractivity contribution is 0.109. The summed E-state index contributed by atoms with van der Waals surface area (Å²) in [4.78, 5) is 6.99. The van der Waals surface area contributed by atoms with Gasteiger partial charge in [-0.1, -0.05) is 43.2 Å². The Morgan fingerprint density at radius 3 is 2.44 bits per heavy atom. The predicted octanol–water partition coefficient (Wildman–Crippen LogP) is 4.68. The van der Waals surface area contributed by atoms with Crippen LogP contribution in [0.25, 0.3) is 0 Å². The van der Waals surface area contributed by atoms with E-state index in [1.54, 1.807) is 5.56 Å². The van der Waals surface area contributed by atoms with Gasteiger partial charge in [-0.15, -0.1) is 0 Å². The third-order valence-corrected chi connectivity index (χ3v) is 5.99. The monoisotopic (exact) mass is 335 g/mol. The topological polar surface area (TPSA) is 28.2 Å². The van der Waals surface area contributed by atoms with Gasteiger partial charge in [0, 0.05) is 37.6 Å². The summed E-state index contributed by atoms with van der Waals surface area (Å²) < 4.78 is 0. The number of rotatable bonds is 4. The fourth-order valence-corrected chi connectivity index (χ4v) is 4.70. The zero-order chi connectivity index (χ0) is 16.9. The molecule has 0 bridgehead atoms. The van der Waals surface area contributed by atoms with Crippen LogP contribution in [0.15, 0.2) is 54.9 Å². The zero-order valence-electron chi connectivity index (χ0n) is 15.0. The van der Waals surface area contributed by atoms with Gasteiger partial charge in [0.05, 0.1) is 5.69 Å². The lowest BCUT2D eigenvalue weighted by atomic mass is 9.78. The van der Waals surface area contributed by atoms with E-state index >= 15 is 0 Å². The van der Waals surface area contributed by atoms with Gasteiger partial charge in [0.2, 0.25) is 0 Å². The molecule has 2 aliphatic rings. The predicted molar refractivity (Wildman–Crippen MR) is 104 cm³/mol. The molecule has 1 aliphatic carbocycles. The Kier molecular flexibility index (Phi) is 5.31. The van der Waals surface area contributed by atoms with E-state index in [2.05, 4.69) is 51.6 Å². The summed E-state index contributed by atoms with van der Waals surface area (Å²) in [6.07, 6.45) is 11.7. The van der Waals surface area contributed by atoms with Crippen molar-refractivity contribution < 1.29 is 0 Å². The third-order valence-electron chi connectivity index (χ3n) is 5.99. The molecule has 3 nitrogen and oxygen atoms in total. The number of nitrogens with zero attached hydrogens (tertiary/aromatic N) is 2. The van der Waals surface area contributed by atoms with Crippen LogP contribution in [0.2, 0.25) is 0 Å². The first-order chi connectivity index (χ1) is 12.4. The normalized spacial score (nSPS) is 25.6.